The topological polar surface area (TPSA) is 9.23 Å². The first-order chi connectivity index (χ1) is 7.19. The van der Waals surface area contributed by atoms with Crippen LogP contribution in [0, 0.1) is 0 Å². The summed E-state index contributed by atoms with van der Waals surface area (Å²) < 4.78 is 5.60. The van der Waals surface area contributed by atoms with E-state index in [0.29, 0.717) is 5.92 Å². The molecule has 2 rings (SSSR count). The molecule has 0 aromatic heterocycles. The molecule has 0 aliphatic heterocycles. The number of hydrogen-bond donors (Lipinski definition) is 0. The molecule has 1 aliphatic carbocycles. The summed E-state index contributed by atoms with van der Waals surface area (Å²) in [6.07, 6.45) is 2.46. The molecule has 1 nitrogen and oxygen atoms in total. The Bertz CT molecular complexity index is 366. The van der Waals surface area contributed by atoms with Crippen LogP contribution in [0.25, 0.3) is 0 Å². The number of ether oxygens (including phenoxy) is 1. The van der Waals surface area contributed by atoms with Crippen LogP contribution < -0.4 is 4.74 Å². The third kappa shape index (κ3) is 1.54. The fraction of sp³-hybridized carbons (Fsp3) is 0.571. The van der Waals surface area contributed by atoms with Gasteiger partial charge in [-0.15, -0.1) is 0 Å². The quantitative estimate of drug-likeness (QED) is 0.726. The molecule has 1 aromatic rings. The van der Waals surface area contributed by atoms with Crippen molar-refractivity contribution >= 4 is 0 Å². The Hall–Kier alpha value is -0.980. The van der Waals surface area contributed by atoms with Crippen LogP contribution >= 0.6 is 0 Å². The van der Waals surface area contributed by atoms with Gasteiger partial charge in [-0.1, -0.05) is 32.9 Å². The van der Waals surface area contributed by atoms with E-state index in [2.05, 4.69) is 32.9 Å². The SMILES string of the molecule is CCC1Cc2ccc(C(C)C)c(OC)c21. The summed E-state index contributed by atoms with van der Waals surface area (Å²) in [5, 5.41) is 0. The van der Waals surface area contributed by atoms with Crippen LogP contribution in [0.2, 0.25) is 0 Å². The van der Waals surface area contributed by atoms with Crippen molar-refractivity contribution in [2.75, 3.05) is 7.11 Å². The van der Waals surface area contributed by atoms with Crippen molar-refractivity contribution in [3.63, 3.8) is 0 Å². The molecule has 1 aliphatic rings. The van der Waals surface area contributed by atoms with Crippen LogP contribution in [0.5, 0.6) is 5.75 Å². The zero-order valence-electron chi connectivity index (χ0n) is 10.1. The molecule has 0 heterocycles. The Labute approximate surface area is 92.5 Å². The molecule has 0 spiro atoms. The first-order valence-corrected chi connectivity index (χ1v) is 5.88. The molecule has 15 heavy (non-hydrogen) atoms. The Kier molecular flexibility index (Phi) is 2.72. The Balaban J connectivity index is 2.49. The standard InChI is InChI=1S/C14H20O/c1-5-10-8-11-6-7-12(9(2)3)14(15-4)13(10)11/h6-7,9-10H,5,8H2,1-4H3. The summed E-state index contributed by atoms with van der Waals surface area (Å²) >= 11 is 0. The highest BCUT2D eigenvalue weighted by molar-refractivity contribution is 5.55. The maximum atomic E-state index is 5.60. The van der Waals surface area contributed by atoms with E-state index in [-0.39, 0.29) is 0 Å². The summed E-state index contributed by atoms with van der Waals surface area (Å²) in [5.41, 5.74) is 4.32. The van der Waals surface area contributed by atoms with Crippen molar-refractivity contribution in [2.45, 2.75) is 45.4 Å². The summed E-state index contributed by atoms with van der Waals surface area (Å²) in [6, 6.07) is 4.51. The number of methoxy groups -OCH3 is 1. The van der Waals surface area contributed by atoms with Crippen molar-refractivity contribution in [1.82, 2.24) is 0 Å². The van der Waals surface area contributed by atoms with Gasteiger partial charge < -0.3 is 4.74 Å². The van der Waals surface area contributed by atoms with E-state index in [1.807, 2.05) is 0 Å². The normalized spacial score (nSPS) is 18.6. The lowest BCUT2D eigenvalue weighted by molar-refractivity contribution is 0.388. The van der Waals surface area contributed by atoms with Gasteiger partial charge in [0.25, 0.3) is 0 Å². The average Bonchev–Trinajstić information content (AvgIpc) is 2.18. The van der Waals surface area contributed by atoms with E-state index in [1.54, 1.807) is 7.11 Å². The Morgan fingerprint density at radius 1 is 1.40 bits per heavy atom. The number of rotatable bonds is 3. The third-order valence-electron chi connectivity index (χ3n) is 3.51. The van der Waals surface area contributed by atoms with Gasteiger partial charge >= 0.3 is 0 Å². The molecule has 0 N–H and O–H groups in total. The molecule has 1 atom stereocenters. The minimum absolute atomic E-state index is 0.545. The first-order valence-electron chi connectivity index (χ1n) is 5.88. The van der Waals surface area contributed by atoms with Gasteiger partial charge in [0.1, 0.15) is 5.75 Å². The molecule has 0 radical (unpaired) electrons. The maximum Gasteiger partial charge on any atom is 0.126 e. The average molecular weight is 204 g/mol. The van der Waals surface area contributed by atoms with Crippen molar-refractivity contribution in [2.24, 2.45) is 0 Å². The lowest BCUT2D eigenvalue weighted by atomic mass is 9.74. The smallest absolute Gasteiger partial charge is 0.126 e. The van der Waals surface area contributed by atoms with Crippen LogP contribution in [-0.2, 0) is 6.42 Å². The summed E-state index contributed by atoms with van der Waals surface area (Å²) in [6.45, 7) is 6.71. The number of fused-ring (bicyclic) bond motifs is 1. The van der Waals surface area contributed by atoms with Crippen LogP contribution in [0.4, 0.5) is 0 Å². The minimum atomic E-state index is 0.545. The van der Waals surface area contributed by atoms with E-state index in [4.69, 9.17) is 4.74 Å². The van der Waals surface area contributed by atoms with E-state index < -0.39 is 0 Å². The van der Waals surface area contributed by atoms with Crippen molar-refractivity contribution in [3.05, 3.63) is 28.8 Å². The molecular formula is C14H20O. The lowest BCUT2D eigenvalue weighted by Crippen LogP contribution is -2.18. The number of benzene rings is 1. The van der Waals surface area contributed by atoms with E-state index in [1.165, 1.54) is 29.5 Å². The van der Waals surface area contributed by atoms with Gasteiger partial charge in [-0.05, 0) is 35.8 Å². The highest BCUT2D eigenvalue weighted by Gasteiger charge is 2.30. The zero-order chi connectivity index (χ0) is 11.0. The predicted molar refractivity (Wildman–Crippen MR) is 63.8 cm³/mol. The van der Waals surface area contributed by atoms with Crippen molar-refractivity contribution < 1.29 is 4.74 Å². The molecule has 0 saturated heterocycles. The summed E-state index contributed by atoms with van der Waals surface area (Å²) in [5.74, 6) is 2.43. The predicted octanol–water partition coefficient (Wildman–Crippen LogP) is 3.87. The molecule has 1 heteroatoms. The summed E-state index contributed by atoms with van der Waals surface area (Å²) in [4.78, 5) is 0. The molecule has 0 amide bonds. The van der Waals surface area contributed by atoms with Crippen LogP contribution in [0.3, 0.4) is 0 Å². The zero-order valence-corrected chi connectivity index (χ0v) is 10.1. The molecule has 1 unspecified atom stereocenters. The lowest BCUT2D eigenvalue weighted by Gasteiger charge is -2.33. The number of hydrogen-bond acceptors (Lipinski definition) is 1. The molecular weight excluding hydrogens is 184 g/mol. The molecule has 0 saturated carbocycles. The highest BCUT2D eigenvalue weighted by atomic mass is 16.5. The van der Waals surface area contributed by atoms with Gasteiger partial charge in [-0.2, -0.15) is 0 Å². The van der Waals surface area contributed by atoms with Gasteiger partial charge in [0.2, 0.25) is 0 Å². The van der Waals surface area contributed by atoms with E-state index in [0.717, 1.165) is 11.7 Å². The Morgan fingerprint density at radius 2 is 2.13 bits per heavy atom. The molecule has 0 fully saturated rings. The third-order valence-corrected chi connectivity index (χ3v) is 3.51. The van der Waals surface area contributed by atoms with Gasteiger partial charge in [-0.3, -0.25) is 0 Å². The minimum Gasteiger partial charge on any atom is -0.496 e. The van der Waals surface area contributed by atoms with Gasteiger partial charge in [0.05, 0.1) is 7.11 Å². The van der Waals surface area contributed by atoms with Gasteiger partial charge in [0.15, 0.2) is 0 Å². The Morgan fingerprint density at radius 3 is 2.67 bits per heavy atom. The molecule has 1 aromatic carbocycles. The highest BCUT2D eigenvalue weighted by Crippen LogP contribution is 2.46. The largest absolute Gasteiger partial charge is 0.496 e. The molecule has 82 valence electrons. The van der Waals surface area contributed by atoms with E-state index in [9.17, 15) is 0 Å². The first kappa shape index (κ1) is 10.5. The van der Waals surface area contributed by atoms with Gasteiger partial charge in [0, 0.05) is 5.56 Å². The second-order valence-electron chi connectivity index (χ2n) is 4.72. The van der Waals surface area contributed by atoms with Crippen LogP contribution in [-0.4, -0.2) is 7.11 Å². The maximum absolute atomic E-state index is 5.60. The second kappa shape index (κ2) is 3.88. The summed E-state index contributed by atoms with van der Waals surface area (Å²) in [7, 11) is 1.80. The monoisotopic (exact) mass is 204 g/mol. The second-order valence-corrected chi connectivity index (χ2v) is 4.72. The fourth-order valence-electron chi connectivity index (χ4n) is 2.55. The van der Waals surface area contributed by atoms with Crippen molar-refractivity contribution in [3.8, 4) is 5.75 Å². The molecule has 0 bridgehead atoms. The van der Waals surface area contributed by atoms with E-state index >= 15 is 0 Å². The fourth-order valence-corrected chi connectivity index (χ4v) is 2.55. The van der Waals surface area contributed by atoms with Gasteiger partial charge in [-0.25, -0.2) is 0 Å². The van der Waals surface area contributed by atoms with Crippen LogP contribution in [0.15, 0.2) is 12.1 Å². The van der Waals surface area contributed by atoms with Crippen molar-refractivity contribution in [1.29, 1.82) is 0 Å². The van der Waals surface area contributed by atoms with Crippen LogP contribution in [0.1, 0.15) is 55.7 Å².